The molecule has 0 unspecified atom stereocenters. The first-order valence-corrected chi connectivity index (χ1v) is 9.32. The van der Waals surface area contributed by atoms with Crippen molar-refractivity contribution in [3.05, 3.63) is 41.0 Å². The number of halogens is 3. The molecular weight excluding hydrogens is 417 g/mol. The Morgan fingerprint density at radius 3 is 2.45 bits per heavy atom. The average molecular weight is 438 g/mol. The van der Waals surface area contributed by atoms with Gasteiger partial charge < -0.3 is 10.1 Å². The maximum atomic E-state index is 13.6. The minimum Gasteiger partial charge on any atom is -0.462 e. The lowest BCUT2D eigenvalue weighted by Crippen LogP contribution is -2.20. The predicted octanol–water partition coefficient (Wildman–Crippen LogP) is 3.21. The highest BCUT2D eigenvalue weighted by Gasteiger charge is 2.36. The molecule has 1 amide bonds. The molecule has 0 aliphatic heterocycles. The van der Waals surface area contributed by atoms with E-state index < -0.39 is 29.2 Å². The smallest absolute Gasteiger partial charge is 0.433 e. The molecule has 0 aliphatic carbocycles. The van der Waals surface area contributed by atoms with E-state index in [4.69, 9.17) is 4.74 Å². The van der Waals surface area contributed by atoms with Crippen molar-refractivity contribution in [3.8, 4) is 0 Å². The summed E-state index contributed by atoms with van der Waals surface area (Å²) in [5, 5.41) is 10.2. The summed E-state index contributed by atoms with van der Waals surface area (Å²) in [7, 11) is 1.49. The molecule has 166 valence electrons. The summed E-state index contributed by atoms with van der Waals surface area (Å²) in [5.41, 5.74) is -1.92. The molecule has 3 heterocycles. The summed E-state index contributed by atoms with van der Waals surface area (Å²) >= 11 is 0. The highest BCUT2D eigenvalue weighted by Crippen LogP contribution is 2.32. The molecule has 0 aromatic carbocycles. The van der Waals surface area contributed by atoms with E-state index >= 15 is 0 Å². The van der Waals surface area contributed by atoms with Gasteiger partial charge >= 0.3 is 12.1 Å². The van der Waals surface area contributed by atoms with Crippen LogP contribution in [0.3, 0.4) is 0 Å². The molecule has 0 fully saturated rings. The number of ether oxygens (including phenoxy) is 1. The van der Waals surface area contributed by atoms with Crippen molar-refractivity contribution in [2.24, 2.45) is 7.05 Å². The van der Waals surface area contributed by atoms with E-state index in [1.807, 2.05) is 0 Å². The van der Waals surface area contributed by atoms with E-state index in [2.05, 4.69) is 20.5 Å². The Balaban J connectivity index is 2.04. The van der Waals surface area contributed by atoms with Gasteiger partial charge in [0.05, 0.1) is 18.5 Å². The van der Waals surface area contributed by atoms with Crippen molar-refractivity contribution in [2.75, 3.05) is 11.9 Å². The second-order valence-corrected chi connectivity index (χ2v) is 7.78. The molecule has 12 heteroatoms. The fourth-order valence-electron chi connectivity index (χ4n) is 2.79. The van der Waals surface area contributed by atoms with Crippen LogP contribution < -0.4 is 5.32 Å². The van der Waals surface area contributed by atoms with Gasteiger partial charge in [-0.3, -0.25) is 9.48 Å². The number of carbonyl (C=O) groups excluding carboxylic acids is 2. The topological polar surface area (TPSA) is 103 Å². The number of nitrogens with one attached hydrogen (secondary N) is 1. The molecule has 0 radical (unpaired) electrons. The van der Waals surface area contributed by atoms with Crippen LogP contribution in [0, 0.1) is 0 Å². The molecular formula is C19H21F3N6O3. The predicted molar refractivity (Wildman–Crippen MR) is 104 cm³/mol. The Morgan fingerprint density at radius 1 is 1.19 bits per heavy atom. The number of amides is 1. The van der Waals surface area contributed by atoms with Crippen LogP contribution in [0.2, 0.25) is 0 Å². The lowest BCUT2D eigenvalue weighted by Gasteiger charge is -2.19. The molecule has 1 N–H and O–H groups in total. The van der Waals surface area contributed by atoms with E-state index in [0.717, 1.165) is 12.1 Å². The number of carbonyl (C=O) groups is 2. The molecule has 3 aromatic heterocycles. The summed E-state index contributed by atoms with van der Waals surface area (Å²) in [6.45, 7) is 6.94. The molecule has 3 aromatic rings. The van der Waals surface area contributed by atoms with Gasteiger partial charge in [-0.25, -0.2) is 14.3 Å². The van der Waals surface area contributed by atoms with Crippen molar-refractivity contribution >= 4 is 23.3 Å². The summed E-state index contributed by atoms with van der Waals surface area (Å²) in [4.78, 5) is 29.0. The fraction of sp³-hybridized carbons (Fsp3) is 0.421. The maximum absolute atomic E-state index is 13.6. The van der Waals surface area contributed by atoms with E-state index in [0.29, 0.717) is 4.52 Å². The summed E-state index contributed by atoms with van der Waals surface area (Å²) in [6, 6.07) is 2.07. The lowest BCUT2D eigenvalue weighted by atomic mass is 9.91. The van der Waals surface area contributed by atoms with Gasteiger partial charge in [0.15, 0.2) is 11.3 Å². The maximum Gasteiger partial charge on any atom is 0.433 e. The van der Waals surface area contributed by atoms with E-state index in [9.17, 15) is 22.8 Å². The Kier molecular flexibility index (Phi) is 5.51. The first kappa shape index (κ1) is 22.2. The van der Waals surface area contributed by atoms with Crippen LogP contribution >= 0.6 is 0 Å². The number of aromatic nitrogens is 5. The van der Waals surface area contributed by atoms with Crippen LogP contribution in [0.4, 0.5) is 19.0 Å². The number of esters is 1. The molecule has 0 bridgehead atoms. The van der Waals surface area contributed by atoms with Gasteiger partial charge in [0.25, 0.3) is 5.91 Å². The number of fused-ring (bicyclic) bond motifs is 1. The Morgan fingerprint density at radius 2 is 1.87 bits per heavy atom. The number of nitrogens with zero attached hydrogens (tertiary/aromatic N) is 5. The number of alkyl halides is 3. The Bertz CT molecular complexity index is 1160. The molecule has 0 atom stereocenters. The number of rotatable bonds is 4. The minimum atomic E-state index is -4.71. The van der Waals surface area contributed by atoms with Gasteiger partial charge in [-0.05, 0) is 13.0 Å². The summed E-state index contributed by atoms with van der Waals surface area (Å²) < 4.78 is 47.6. The molecule has 9 nitrogen and oxygen atoms in total. The van der Waals surface area contributed by atoms with Gasteiger partial charge in [-0.15, -0.1) is 0 Å². The SMILES string of the molecule is CCOC(=O)c1cnn(C)c1NC(=O)c1cc2nc(C(C)(C)C)cc(C(F)(F)F)n2n1. The van der Waals surface area contributed by atoms with Crippen molar-refractivity contribution in [1.29, 1.82) is 0 Å². The largest absolute Gasteiger partial charge is 0.462 e. The second-order valence-electron chi connectivity index (χ2n) is 7.78. The van der Waals surface area contributed by atoms with Crippen LogP contribution in [0.5, 0.6) is 0 Å². The standard InChI is InChI=1S/C19H21F3N6O3/c1-6-31-17(30)10-9-23-27(5)15(10)25-16(29)11-7-14-24-12(18(2,3)4)8-13(19(20,21)22)28(14)26-11/h7-9H,6H2,1-5H3,(H,25,29). The third-order valence-electron chi connectivity index (χ3n) is 4.38. The van der Waals surface area contributed by atoms with Crippen molar-refractivity contribution in [2.45, 2.75) is 39.3 Å². The molecule has 0 aliphatic rings. The Hall–Kier alpha value is -3.44. The van der Waals surface area contributed by atoms with Crippen LogP contribution in [-0.4, -0.2) is 42.9 Å². The lowest BCUT2D eigenvalue weighted by molar-refractivity contribution is -0.142. The van der Waals surface area contributed by atoms with Gasteiger partial charge in [0, 0.05) is 18.5 Å². The van der Waals surface area contributed by atoms with Crippen molar-refractivity contribution < 1.29 is 27.5 Å². The van der Waals surface area contributed by atoms with Gasteiger partial charge in [0.1, 0.15) is 17.1 Å². The van der Waals surface area contributed by atoms with E-state index in [-0.39, 0.29) is 35.0 Å². The first-order valence-electron chi connectivity index (χ1n) is 9.32. The van der Waals surface area contributed by atoms with E-state index in [1.54, 1.807) is 27.7 Å². The summed E-state index contributed by atoms with van der Waals surface area (Å²) in [6.07, 6.45) is -3.49. The van der Waals surface area contributed by atoms with Gasteiger partial charge in [-0.1, -0.05) is 20.8 Å². The van der Waals surface area contributed by atoms with Crippen LogP contribution in [0.25, 0.3) is 5.65 Å². The highest BCUT2D eigenvalue weighted by atomic mass is 19.4. The quantitative estimate of drug-likeness (QED) is 0.628. The van der Waals surface area contributed by atoms with Crippen LogP contribution in [-0.2, 0) is 23.4 Å². The molecule has 0 saturated heterocycles. The van der Waals surface area contributed by atoms with Gasteiger partial charge in [0.2, 0.25) is 0 Å². The zero-order chi connectivity index (χ0) is 23.1. The molecule has 3 rings (SSSR count). The van der Waals surface area contributed by atoms with Crippen molar-refractivity contribution in [3.63, 3.8) is 0 Å². The fourth-order valence-corrected chi connectivity index (χ4v) is 2.79. The monoisotopic (exact) mass is 438 g/mol. The van der Waals surface area contributed by atoms with Crippen molar-refractivity contribution in [1.82, 2.24) is 24.4 Å². The number of anilines is 1. The minimum absolute atomic E-state index is 0.00517. The zero-order valence-electron chi connectivity index (χ0n) is 17.5. The van der Waals surface area contributed by atoms with E-state index in [1.165, 1.54) is 17.9 Å². The third-order valence-corrected chi connectivity index (χ3v) is 4.38. The highest BCUT2D eigenvalue weighted by molar-refractivity contribution is 6.06. The van der Waals surface area contributed by atoms with Crippen LogP contribution in [0.15, 0.2) is 18.3 Å². The molecule has 0 saturated carbocycles. The number of hydrogen-bond donors (Lipinski definition) is 1. The normalized spacial score (nSPS) is 12.3. The van der Waals surface area contributed by atoms with Crippen LogP contribution in [0.1, 0.15) is 59.9 Å². The second kappa shape index (κ2) is 7.67. The third kappa shape index (κ3) is 4.37. The number of aryl methyl sites for hydroxylation is 1. The average Bonchev–Trinajstić information content (AvgIpc) is 3.23. The van der Waals surface area contributed by atoms with Gasteiger partial charge in [-0.2, -0.15) is 23.4 Å². The molecule has 0 spiro atoms. The Labute approximate surface area is 175 Å². The first-order chi connectivity index (χ1) is 14.3. The summed E-state index contributed by atoms with van der Waals surface area (Å²) in [5.74, 6) is -1.50. The molecule has 31 heavy (non-hydrogen) atoms. The number of hydrogen-bond acceptors (Lipinski definition) is 6. The zero-order valence-corrected chi connectivity index (χ0v) is 17.5.